The monoisotopic (exact) mass is 470 g/mol. The number of nitrogens with one attached hydrogen (secondary N) is 1. The number of amides is 1. The zero-order valence-electron chi connectivity index (χ0n) is 17.4. The summed E-state index contributed by atoms with van der Waals surface area (Å²) in [4.78, 5) is 19.4. The molecule has 1 aromatic carbocycles. The highest BCUT2D eigenvalue weighted by molar-refractivity contribution is 7.90. The van der Waals surface area contributed by atoms with Crippen LogP contribution in [0.3, 0.4) is 0 Å². The van der Waals surface area contributed by atoms with E-state index in [1.807, 2.05) is 29.3 Å². The van der Waals surface area contributed by atoms with Gasteiger partial charge in [-0.15, -0.1) is 15.7 Å². The van der Waals surface area contributed by atoms with Crippen molar-refractivity contribution >= 4 is 33.1 Å². The van der Waals surface area contributed by atoms with Crippen LogP contribution in [0.2, 0.25) is 0 Å². The number of thiazole rings is 1. The lowest BCUT2D eigenvalue weighted by Crippen LogP contribution is -2.45. The van der Waals surface area contributed by atoms with E-state index in [1.54, 1.807) is 35.6 Å². The van der Waals surface area contributed by atoms with Crippen LogP contribution in [0.25, 0.3) is 11.5 Å². The zero-order valence-corrected chi connectivity index (χ0v) is 19.1. The third-order valence-electron chi connectivity index (χ3n) is 5.67. The van der Waals surface area contributed by atoms with Gasteiger partial charge in [-0.05, 0) is 44.0 Å². The standard InChI is InChI=1S/C22H22N4O4S2/c1-14-24-18(13-31-14)19-9-8-16(30-19)11-23-22(27)15-5-4-10-26(12-15)21-17-6-2-3-7-20(17)32(28,29)25-21/h2-3,6-9,13,15H,4-5,10-12H2,1H3,(H,23,27)/t15-/m1/s1. The number of piperidine rings is 1. The van der Waals surface area contributed by atoms with Crippen LogP contribution in [0, 0.1) is 12.8 Å². The highest BCUT2D eigenvalue weighted by Gasteiger charge is 2.35. The Balaban J connectivity index is 1.24. The minimum atomic E-state index is -3.68. The molecule has 32 heavy (non-hydrogen) atoms. The molecule has 3 aromatic rings. The highest BCUT2D eigenvalue weighted by atomic mass is 32.2. The normalized spacial score (nSPS) is 19.5. The summed E-state index contributed by atoms with van der Waals surface area (Å²) in [7, 11) is -3.68. The molecule has 2 aromatic heterocycles. The minimum Gasteiger partial charge on any atom is -0.458 e. The fraction of sp³-hybridized carbons (Fsp3) is 0.318. The molecule has 1 amide bonds. The molecular weight excluding hydrogens is 448 g/mol. The SMILES string of the molecule is Cc1nc(-c2ccc(CNC(=O)[C@@H]3CCCN(C4=NS(=O)(=O)c5ccccc54)C3)o2)cs1. The number of nitrogens with zero attached hydrogens (tertiary/aromatic N) is 3. The minimum absolute atomic E-state index is 0.0770. The average molecular weight is 471 g/mol. The van der Waals surface area contributed by atoms with Crippen LogP contribution in [0.15, 0.2) is 55.5 Å². The molecule has 0 spiro atoms. The number of carbonyl (C=O) groups excluding carboxylic acids is 1. The molecular formula is C22H22N4O4S2. The number of amidine groups is 1. The van der Waals surface area contributed by atoms with Crippen LogP contribution < -0.4 is 5.32 Å². The molecule has 8 nitrogen and oxygen atoms in total. The van der Waals surface area contributed by atoms with Gasteiger partial charge in [-0.25, -0.2) is 4.98 Å². The van der Waals surface area contributed by atoms with E-state index in [9.17, 15) is 13.2 Å². The molecule has 0 bridgehead atoms. The van der Waals surface area contributed by atoms with Crippen molar-refractivity contribution in [2.45, 2.75) is 31.2 Å². The third kappa shape index (κ3) is 3.95. The number of benzene rings is 1. The number of sulfonamides is 1. The van der Waals surface area contributed by atoms with Gasteiger partial charge < -0.3 is 14.6 Å². The molecule has 0 saturated carbocycles. The van der Waals surface area contributed by atoms with E-state index in [0.29, 0.717) is 36.0 Å². The van der Waals surface area contributed by atoms with Gasteiger partial charge in [0.1, 0.15) is 16.3 Å². The first-order valence-corrected chi connectivity index (χ1v) is 12.7. The highest BCUT2D eigenvalue weighted by Crippen LogP contribution is 2.30. The molecule has 0 unspecified atom stereocenters. The number of aryl methyl sites for hydroxylation is 1. The van der Waals surface area contributed by atoms with Crippen molar-refractivity contribution < 1.29 is 17.6 Å². The van der Waals surface area contributed by atoms with Crippen molar-refractivity contribution in [1.29, 1.82) is 0 Å². The Morgan fingerprint density at radius 3 is 2.94 bits per heavy atom. The number of likely N-dealkylation sites (tertiary alicyclic amines) is 1. The molecule has 1 fully saturated rings. The van der Waals surface area contributed by atoms with Gasteiger partial charge >= 0.3 is 0 Å². The molecule has 2 aliphatic rings. The summed E-state index contributed by atoms with van der Waals surface area (Å²) in [5, 5.41) is 5.86. The van der Waals surface area contributed by atoms with Crippen LogP contribution in [0.4, 0.5) is 0 Å². The molecule has 5 rings (SSSR count). The lowest BCUT2D eigenvalue weighted by atomic mass is 9.96. The molecule has 2 aliphatic heterocycles. The smallest absolute Gasteiger partial charge is 0.285 e. The lowest BCUT2D eigenvalue weighted by Gasteiger charge is -2.33. The molecule has 1 N–H and O–H groups in total. The molecule has 1 atom stereocenters. The second kappa shape index (κ2) is 8.18. The maximum Gasteiger partial charge on any atom is 0.285 e. The summed E-state index contributed by atoms with van der Waals surface area (Å²) < 4.78 is 34.6. The Hall–Kier alpha value is -2.98. The largest absolute Gasteiger partial charge is 0.458 e. The van der Waals surface area contributed by atoms with Crippen LogP contribution in [0.5, 0.6) is 0 Å². The van der Waals surface area contributed by atoms with Crippen LogP contribution in [0.1, 0.15) is 29.2 Å². The van der Waals surface area contributed by atoms with Crippen LogP contribution >= 0.6 is 11.3 Å². The van der Waals surface area contributed by atoms with Gasteiger partial charge in [0, 0.05) is 24.0 Å². The van der Waals surface area contributed by atoms with Gasteiger partial charge in [0.25, 0.3) is 10.0 Å². The summed E-state index contributed by atoms with van der Waals surface area (Å²) in [6, 6.07) is 10.5. The Kier molecular flexibility index (Phi) is 5.34. The van der Waals surface area contributed by atoms with E-state index in [2.05, 4.69) is 14.7 Å². The molecule has 4 heterocycles. The Morgan fingerprint density at radius 2 is 2.12 bits per heavy atom. The molecule has 10 heteroatoms. The molecule has 1 saturated heterocycles. The summed E-state index contributed by atoms with van der Waals surface area (Å²) in [5.74, 6) is 1.45. The van der Waals surface area contributed by atoms with Crippen LogP contribution in [-0.4, -0.2) is 43.1 Å². The number of carbonyl (C=O) groups is 1. The second-order valence-corrected chi connectivity index (χ2v) is 10.5. The fourth-order valence-electron chi connectivity index (χ4n) is 4.11. The summed E-state index contributed by atoms with van der Waals surface area (Å²) in [6.07, 6.45) is 1.53. The predicted molar refractivity (Wildman–Crippen MR) is 121 cm³/mol. The number of rotatable bonds is 4. The Labute approximate surface area is 190 Å². The second-order valence-electron chi connectivity index (χ2n) is 7.91. The number of aromatic nitrogens is 1. The first kappa shape index (κ1) is 20.9. The van der Waals surface area contributed by atoms with E-state index in [-0.39, 0.29) is 23.3 Å². The average Bonchev–Trinajstić information content (AvgIpc) is 3.50. The third-order valence-corrected chi connectivity index (χ3v) is 7.77. The van der Waals surface area contributed by atoms with Crippen molar-refractivity contribution in [2.75, 3.05) is 13.1 Å². The van der Waals surface area contributed by atoms with Gasteiger partial charge in [-0.3, -0.25) is 4.79 Å². The molecule has 0 aliphatic carbocycles. The number of fused-ring (bicyclic) bond motifs is 1. The van der Waals surface area contributed by atoms with Crippen molar-refractivity contribution in [3.05, 3.63) is 58.1 Å². The van der Waals surface area contributed by atoms with Crippen molar-refractivity contribution in [3.8, 4) is 11.5 Å². The maximum absolute atomic E-state index is 12.8. The van der Waals surface area contributed by atoms with Gasteiger partial charge in [-0.1, -0.05) is 12.1 Å². The van der Waals surface area contributed by atoms with Crippen molar-refractivity contribution in [3.63, 3.8) is 0 Å². The van der Waals surface area contributed by atoms with E-state index >= 15 is 0 Å². The van der Waals surface area contributed by atoms with E-state index in [0.717, 1.165) is 23.5 Å². The Bertz CT molecular complexity index is 1310. The quantitative estimate of drug-likeness (QED) is 0.628. The molecule has 0 radical (unpaired) electrons. The summed E-state index contributed by atoms with van der Waals surface area (Å²) in [6.45, 7) is 3.32. The van der Waals surface area contributed by atoms with E-state index in [4.69, 9.17) is 4.42 Å². The topological polar surface area (TPSA) is 105 Å². The summed E-state index contributed by atoms with van der Waals surface area (Å²) >= 11 is 1.56. The number of furan rings is 1. The maximum atomic E-state index is 12.8. The lowest BCUT2D eigenvalue weighted by molar-refractivity contribution is -0.126. The van der Waals surface area contributed by atoms with Gasteiger partial charge in [-0.2, -0.15) is 8.42 Å². The van der Waals surface area contributed by atoms with Crippen molar-refractivity contribution in [1.82, 2.24) is 15.2 Å². The first-order valence-electron chi connectivity index (χ1n) is 10.4. The van der Waals surface area contributed by atoms with Gasteiger partial charge in [0.2, 0.25) is 5.91 Å². The van der Waals surface area contributed by atoms with Crippen molar-refractivity contribution in [2.24, 2.45) is 10.3 Å². The zero-order chi connectivity index (χ0) is 22.3. The first-order chi connectivity index (χ1) is 15.4. The van der Waals surface area contributed by atoms with E-state index in [1.165, 1.54) is 0 Å². The number of hydrogen-bond acceptors (Lipinski definition) is 7. The van der Waals surface area contributed by atoms with Crippen LogP contribution in [-0.2, 0) is 21.4 Å². The van der Waals surface area contributed by atoms with E-state index < -0.39 is 10.0 Å². The van der Waals surface area contributed by atoms with Gasteiger partial charge in [0.05, 0.1) is 17.5 Å². The molecule has 166 valence electrons. The van der Waals surface area contributed by atoms with Gasteiger partial charge in [0.15, 0.2) is 11.6 Å². The Morgan fingerprint density at radius 1 is 1.28 bits per heavy atom. The predicted octanol–water partition coefficient (Wildman–Crippen LogP) is 3.19. The summed E-state index contributed by atoms with van der Waals surface area (Å²) in [5.41, 5.74) is 1.40. The fourth-order valence-corrected chi connectivity index (χ4v) is 5.94. The number of hydrogen-bond donors (Lipinski definition) is 1.